The Bertz CT molecular complexity index is 758. The molecule has 150 valence electrons. The van der Waals surface area contributed by atoms with E-state index in [-0.39, 0.29) is 11.8 Å². The van der Waals surface area contributed by atoms with Crippen molar-refractivity contribution in [2.24, 2.45) is 0 Å². The molecule has 0 aromatic heterocycles. The average molecular weight is 420 g/mol. The molecule has 0 spiro atoms. The average Bonchev–Trinajstić information content (AvgIpc) is 2.96. The molecular weight excluding hydrogens is 394 g/mol. The van der Waals surface area contributed by atoms with Crippen molar-refractivity contribution in [3.8, 4) is 0 Å². The second-order valence-corrected chi connectivity index (χ2v) is 8.34. The van der Waals surface area contributed by atoms with Crippen LogP contribution in [0.4, 0.5) is 0 Å². The lowest BCUT2D eigenvalue weighted by atomic mass is 10.1. The number of amides is 2. The first-order chi connectivity index (χ1) is 13.6. The van der Waals surface area contributed by atoms with Gasteiger partial charge in [-0.3, -0.25) is 19.9 Å². The van der Waals surface area contributed by atoms with Crippen molar-refractivity contribution in [2.45, 2.75) is 26.2 Å². The number of morpholine rings is 1. The van der Waals surface area contributed by atoms with Crippen molar-refractivity contribution in [1.29, 1.82) is 0 Å². The lowest BCUT2D eigenvalue weighted by Crippen LogP contribution is -2.48. The van der Waals surface area contributed by atoms with E-state index in [1.807, 2.05) is 23.2 Å². The van der Waals surface area contributed by atoms with Gasteiger partial charge in [0.2, 0.25) is 5.91 Å². The van der Waals surface area contributed by atoms with Gasteiger partial charge in [-0.25, -0.2) is 5.01 Å². The number of aryl methyl sites for hydroxylation is 1. The predicted molar refractivity (Wildman–Crippen MR) is 115 cm³/mol. The van der Waals surface area contributed by atoms with Crippen LogP contribution in [0.2, 0.25) is 0 Å². The first kappa shape index (κ1) is 21.0. The molecule has 0 aliphatic carbocycles. The van der Waals surface area contributed by atoms with E-state index < -0.39 is 0 Å². The van der Waals surface area contributed by atoms with Crippen molar-refractivity contribution < 1.29 is 14.3 Å². The Morgan fingerprint density at radius 1 is 1.29 bits per heavy atom. The summed E-state index contributed by atoms with van der Waals surface area (Å²) >= 11 is 6.68. The van der Waals surface area contributed by atoms with Gasteiger partial charge in [0.15, 0.2) is 0 Å². The summed E-state index contributed by atoms with van der Waals surface area (Å²) in [6.45, 7) is 5.22. The smallest absolute Gasteiger partial charge is 0.266 e. The molecule has 2 saturated heterocycles. The first-order valence-electron chi connectivity index (χ1n) is 9.53. The highest BCUT2D eigenvalue weighted by Crippen LogP contribution is 2.32. The van der Waals surface area contributed by atoms with Crippen molar-refractivity contribution in [3.05, 3.63) is 40.3 Å². The van der Waals surface area contributed by atoms with Crippen molar-refractivity contribution in [1.82, 2.24) is 15.3 Å². The number of nitrogens with zero attached hydrogens (tertiary/aromatic N) is 2. The Balaban J connectivity index is 1.49. The minimum atomic E-state index is -0.0804. The summed E-state index contributed by atoms with van der Waals surface area (Å²) in [7, 11) is 0. The number of carbonyl (C=O) groups excluding carboxylic acids is 2. The molecule has 2 amide bonds. The largest absolute Gasteiger partial charge is 0.379 e. The molecule has 0 saturated carbocycles. The van der Waals surface area contributed by atoms with Gasteiger partial charge in [0.1, 0.15) is 4.32 Å². The molecule has 1 aromatic rings. The van der Waals surface area contributed by atoms with E-state index in [9.17, 15) is 9.59 Å². The monoisotopic (exact) mass is 419 g/mol. The van der Waals surface area contributed by atoms with Gasteiger partial charge in [-0.15, -0.1) is 0 Å². The topological polar surface area (TPSA) is 61.9 Å². The van der Waals surface area contributed by atoms with Gasteiger partial charge < -0.3 is 4.74 Å². The van der Waals surface area contributed by atoms with E-state index >= 15 is 0 Å². The third kappa shape index (κ3) is 5.64. The van der Waals surface area contributed by atoms with Crippen LogP contribution < -0.4 is 5.43 Å². The van der Waals surface area contributed by atoms with E-state index in [4.69, 9.17) is 17.0 Å². The SMILES string of the molecule is CCc1ccc(/C=C2\SC(=S)N(CCCC(=O)NN3CCOCC3)C2=O)cc1. The number of rotatable bonds is 7. The number of hydrogen-bond acceptors (Lipinski definition) is 6. The van der Waals surface area contributed by atoms with E-state index in [0.717, 1.165) is 12.0 Å². The maximum atomic E-state index is 12.7. The van der Waals surface area contributed by atoms with Crippen LogP contribution in [0.1, 0.15) is 30.9 Å². The lowest BCUT2D eigenvalue weighted by Gasteiger charge is -2.27. The quantitative estimate of drug-likeness (QED) is 0.542. The molecule has 1 N–H and O–H groups in total. The fourth-order valence-corrected chi connectivity index (χ4v) is 4.31. The third-order valence-electron chi connectivity index (χ3n) is 4.64. The molecule has 8 heteroatoms. The third-order valence-corrected chi connectivity index (χ3v) is 6.02. The number of nitrogens with one attached hydrogen (secondary N) is 1. The number of hydrogen-bond donors (Lipinski definition) is 1. The summed E-state index contributed by atoms with van der Waals surface area (Å²) in [6.07, 6.45) is 3.79. The molecule has 2 fully saturated rings. The molecule has 2 heterocycles. The van der Waals surface area contributed by atoms with Crippen LogP contribution in [0.3, 0.4) is 0 Å². The summed E-state index contributed by atoms with van der Waals surface area (Å²) < 4.78 is 5.81. The fourth-order valence-electron chi connectivity index (χ4n) is 3.00. The van der Waals surface area contributed by atoms with Gasteiger partial charge in [-0.1, -0.05) is 55.2 Å². The van der Waals surface area contributed by atoms with E-state index in [1.54, 1.807) is 4.90 Å². The molecule has 6 nitrogen and oxygen atoms in total. The molecule has 0 atom stereocenters. The maximum absolute atomic E-state index is 12.7. The van der Waals surface area contributed by atoms with Crippen molar-refractivity contribution in [2.75, 3.05) is 32.8 Å². The predicted octanol–water partition coefficient (Wildman–Crippen LogP) is 2.59. The minimum Gasteiger partial charge on any atom is -0.379 e. The Hall–Kier alpha value is -1.74. The number of benzene rings is 1. The van der Waals surface area contributed by atoms with Gasteiger partial charge in [0.25, 0.3) is 5.91 Å². The molecular formula is C20H25N3O3S2. The van der Waals surface area contributed by atoms with E-state index in [2.05, 4.69) is 24.5 Å². The van der Waals surface area contributed by atoms with Crippen molar-refractivity contribution in [3.63, 3.8) is 0 Å². The molecule has 0 bridgehead atoms. The number of thioether (sulfide) groups is 1. The normalized spacial score (nSPS) is 19.5. The summed E-state index contributed by atoms with van der Waals surface area (Å²) in [4.78, 5) is 26.9. The van der Waals surface area contributed by atoms with Gasteiger partial charge >= 0.3 is 0 Å². The van der Waals surface area contributed by atoms with Crippen LogP contribution in [-0.4, -0.2) is 58.9 Å². The standard InChI is InChI=1S/C20H25N3O3S2/c1-2-15-5-7-16(8-6-15)14-17-19(25)23(20(27)28-17)9-3-4-18(24)21-22-10-12-26-13-11-22/h5-8,14H,2-4,9-13H2,1H3,(H,21,24)/b17-14-. The van der Waals surface area contributed by atoms with Gasteiger partial charge in [-0.05, 0) is 30.0 Å². The van der Waals surface area contributed by atoms with Crippen LogP contribution in [0, 0.1) is 0 Å². The van der Waals surface area contributed by atoms with Crippen LogP contribution in [-0.2, 0) is 20.7 Å². The lowest BCUT2D eigenvalue weighted by molar-refractivity contribution is -0.128. The molecule has 0 radical (unpaired) electrons. The molecule has 1 aromatic carbocycles. The highest BCUT2D eigenvalue weighted by molar-refractivity contribution is 8.26. The van der Waals surface area contributed by atoms with Gasteiger partial charge in [0, 0.05) is 26.1 Å². The van der Waals surface area contributed by atoms with Crippen LogP contribution in [0.15, 0.2) is 29.2 Å². The van der Waals surface area contributed by atoms with Crippen molar-refractivity contribution >= 4 is 46.2 Å². The van der Waals surface area contributed by atoms with Crippen LogP contribution in [0.5, 0.6) is 0 Å². The van der Waals surface area contributed by atoms with Crippen LogP contribution in [0.25, 0.3) is 6.08 Å². The molecule has 3 rings (SSSR count). The Morgan fingerprint density at radius 2 is 2.00 bits per heavy atom. The summed E-state index contributed by atoms with van der Waals surface area (Å²) in [5.74, 6) is -0.123. The second-order valence-electron chi connectivity index (χ2n) is 6.67. The Morgan fingerprint density at radius 3 is 2.68 bits per heavy atom. The highest BCUT2D eigenvalue weighted by Gasteiger charge is 2.31. The zero-order chi connectivity index (χ0) is 19.9. The zero-order valence-electron chi connectivity index (χ0n) is 16.0. The molecule has 2 aliphatic heterocycles. The fraction of sp³-hybridized carbons (Fsp3) is 0.450. The minimum absolute atomic E-state index is 0.0427. The maximum Gasteiger partial charge on any atom is 0.266 e. The number of ether oxygens (including phenoxy) is 1. The Labute approximate surface area is 175 Å². The Kier molecular flexibility index (Phi) is 7.61. The zero-order valence-corrected chi connectivity index (χ0v) is 17.6. The van der Waals surface area contributed by atoms with E-state index in [1.165, 1.54) is 17.3 Å². The number of thiocarbonyl (C=S) groups is 1. The van der Waals surface area contributed by atoms with Gasteiger partial charge in [0.05, 0.1) is 18.1 Å². The highest BCUT2D eigenvalue weighted by atomic mass is 32.2. The van der Waals surface area contributed by atoms with Crippen LogP contribution >= 0.6 is 24.0 Å². The summed E-state index contributed by atoms with van der Waals surface area (Å²) in [5, 5.41) is 1.87. The first-order valence-corrected chi connectivity index (χ1v) is 10.8. The molecule has 28 heavy (non-hydrogen) atoms. The molecule has 0 unspecified atom stereocenters. The summed E-state index contributed by atoms with van der Waals surface area (Å²) in [5.41, 5.74) is 5.13. The van der Waals surface area contributed by atoms with Gasteiger partial charge in [-0.2, -0.15) is 0 Å². The molecule has 2 aliphatic rings. The second kappa shape index (κ2) is 10.2. The number of hydrazine groups is 1. The number of carbonyl (C=O) groups is 2. The van der Waals surface area contributed by atoms with E-state index in [0.29, 0.717) is 54.9 Å². The summed E-state index contributed by atoms with van der Waals surface area (Å²) in [6, 6.07) is 8.17.